The number of halogens is 1. The van der Waals surface area contributed by atoms with Crippen molar-refractivity contribution in [1.29, 1.82) is 0 Å². The Kier molecular flexibility index (Phi) is 3.69. The first kappa shape index (κ1) is 12.0. The molecule has 15 heavy (non-hydrogen) atoms. The van der Waals surface area contributed by atoms with Gasteiger partial charge in [-0.3, -0.25) is 0 Å². The van der Waals surface area contributed by atoms with E-state index < -0.39 is 0 Å². The van der Waals surface area contributed by atoms with E-state index in [2.05, 4.69) is 0 Å². The largest absolute Gasteiger partial charge is 0.491 e. The van der Waals surface area contributed by atoms with E-state index in [4.69, 9.17) is 9.84 Å². The normalized spacial score (nSPS) is 11.5. The van der Waals surface area contributed by atoms with E-state index in [9.17, 15) is 4.39 Å². The van der Waals surface area contributed by atoms with Crippen LogP contribution in [0.3, 0.4) is 0 Å². The van der Waals surface area contributed by atoms with Crippen LogP contribution < -0.4 is 4.74 Å². The van der Waals surface area contributed by atoms with Crippen LogP contribution in [0.4, 0.5) is 4.39 Å². The van der Waals surface area contributed by atoms with Gasteiger partial charge >= 0.3 is 0 Å². The third kappa shape index (κ3) is 3.20. The topological polar surface area (TPSA) is 29.5 Å². The Bertz CT molecular complexity index is 329. The van der Waals surface area contributed by atoms with Crippen molar-refractivity contribution in [1.82, 2.24) is 0 Å². The Morgan fingerprint density at radius 2 is 2.00 bits per heavy atom. The predicted octanol–water partition coefficient (Wildman–Crippen LogP) is 2.49. The highest BCUT2D eigenvalue weighted by atomic mass is 19.1. The van der Waals surface area contributed by atoms with Crippen molar-refractivity contribution in [2.24, 2.45) is 0 Å². The number of ether oxygens (including phenoxy) is 1. The molecule has 0 heterocycles. The fourth-order valence-corrected chi connectivity index (χ4v) is 1.33. The second kappa shape index (κ2) is 4.62. The van der Waals surface area contributed by atoms with Crippen molar-refractivity contribution < 1.29 is 14.2 Å². The lowest BCUT2D eigenvalue weighted by molar-refractivity contribution is 0.201. The minimum Gasteiger partial charge on any atom is -0.491 e. The smallest absolute Gasteiger partial charge is 0.127 e. The van der Waals surface area contributed by atoms with Gasteiger partial charge in [0.2, 0.25) is 0 Å². The van der Waals surface area contributed by atoms with Crippen molar-refractivity contribution in [3.05, 3.63) is 29.6 Å². The molecule has 0 spiro atoms. The quantitative estimate of drug-likeness (QED) is 0.834. The number of benzene rings is 1. The number of aliphatic hydroxyl groups excluding tert-OH is 1. The van der Waals surface area contributed by atoms with E-state index in [0.29, 0.717) is 11.3 Å². The second-order valence-corrected chi connectivity index (χ2v) is 4.46. The zero-order valence-corrected chi connectivity index (χ0v) is 9.38. The number of hydrogen-bond donors (Lipinski definition) is 1. The number of hydrogen-bond acceptors (Lipinski definition) is 2. The average Bonchev–Trinajstić information content (AvgIpc) is 2.15. The Balaban J connectivity index is 2.95. The fraction of sp³-hybridized carbons (Fsp3) is 0.500. The molecule has 0 aliphatic rings. The summed E-state index contributed by atoms with van der Waals surface area (Å²) in [5, 5.41) is 8.61. The highest BCUT2D eigenvalue weighted by Gasteiger charge is 2.18. The summed E-state index contributed by atoms with van der Waals surface area (Å²) in [6.07, 6.45) is 0. The van der Waals surface area contributed by atoms with Crippen LogP contribution in [0.1, 0.15) is 26.3 Å². The van der Waals surface area contributed by atoms with Gasteiger partial charge in [-0.05, 0) is 29.2 Å². The Morgan fingerprint density at radius 3 is 2.53 bits per heavy atom. The van der Waals surface area contributed by atoms with Crippen LogP contribution in [0.15, 0.2) is 18.2 Å². The molecule has 2 nitrogen and oxygen atoms in total. The van der Waals surface area contributed by atoms with E-state index in [0.717, 1.165) is 0 Å². The van der Waals surface area contributed by atoms with Crippen LogP contribution >= 0.6 is 0 Å². The van der Waals surface area contributed by atoms with Gasteiger partial charge < -0.3 is 9.84 Å². The molecule has 0 aliphatic heterocycles. The lowest BCUT2D eigenvalue weighted by Crippen LogP contribution is -2.14. The molecule has 1 aromatic rings. The molecule has 3 heteroatoms. The van der Waals surface area contributed by atoms with Crippen LogP contribution in [0.5, 0.6) is 5.75 Å². The van der Waals surface area contributed by atoms with Gasteiger partial charge in [0, 0.05) is 0 Å². The molecule has 84 valence electrons. The van der Waals surface area contributed by atoms with Gasteiger partial charge in [-0.2, -0.15) is 0 Å². The van der Waals surface area contributed by atoms with Crippen molar-refractivity contribution in [2.45, 2.75) is 26.2 Å². The molecule has 0 radical (unpaired) electrons. The van der Waals surface area contributed by atoms with Crippen LogP contribution in [-0.2, 0) is 5.41 Å². The minimum absolute atomic E-state index is 0.0395. The molecule has 0 fully saturated rings. The van der Waals surface area contributed by atoms with E-state index in [1.807, 2.05) is 20.8 Å². The molecule has 1 aromatic carbocycles. The first-order valence-corrected chi connectivity index (χ1v) is 4.99. The monoisotopic (exact) mass is 212 g/mol. The van der Waals surface area contributed by atoms with Gasteiger partial charge in [-0.1, -0.05) is 20.8 Å². The highest BCUT2D eigenvalue weighted by Crippen LogP contribution is 2.28. The first-order valence-electron chi connectivity index (χ1n) is 4.99. The molecule has 0 atom stereocenters. The maximum absolute atomic E-state index is 13.5. The molecule has 0 amide bonds. The summed E-state index contributed by atoms with van der Waals surface area (Å²) >= 11 is 0. The SMILES string of the molecule is CC(C)(C)c1cc(OCCO)ccc1F. The van der Waals surface area contributed by atoms with E-state index in [-0.39, 0.29) is 24.4 Å². The van der Waals surface area contributed by atoms with Crippen molar-refractivity contribution in [3.63, 3.8) is 0 Å². The van der Waals surface area contributed by atoms with Gasteiger partial charge in [0.25, 0.3) is 0 Å². The van der Waals surface area contributed by atoms with Crippen LogP contribution in [0, 0.1) is 5.82 Å². The molecule has 0 saturated heterocycles. The first-order chi connectivity index (χ1) is 6.95. The van der Waals surface area contributed by atoms with E-state index in [1.54, 1.807) is 12.1 Å². The number of rotatable bonds is 3. The zero-order valence-electron chi connectivity index (χ0n) is 9.38. The molecule has 0 aliphatic carbocycles. The van der Waals surface area contributed by atoms with Gasteiger partial charge in [0.15, 0.2) is 0 Å². The zero-order chi connectivity index (χ0) is 11.5. The number of aliphatic hydroxyl groups is 1. The molecule has 1 rings (SSSR count). The summed E-state index contributed by atoms with van der Waals surface area (Å²) in [6.45, 7) is 6.03. The third-order valence-electron chi connectivity index (χ3n) is 2.11. The van der Waals surface area contributed by atoms with Crippen molar-refractivity contribution >= 4 is 0 Å². The highest BCUT2D eigenvalue weighted by molar-refractivity contribution is 5.33. The predicted molar refractivity (Wildman–Crippen MR) is 57.7 cm³/mol. The lowest BCUT2D eigenvalue weighted by Gasteiger charge is -2.20. The molecular formula is C12H17FO2. The van der Waals surface area contributed by atoms with E-state index >= 15 is 0 Å². The molecule has 0 unspecified atom stereocenters. The summed E-state index contributed by atoms with van der Waals surface area (Å²) < 4.78 is 18.7. The van der Waals surface area contributed by atoms with Crippen molar-refractivity contribution in [3.8, 4) is 5.75 Å². The molecule has 0 bridgehead atoms. The Hall–Kier alpha value is -1.09. The minimum atomic E-state index is -0.247. The van der Waals surface area contributed by atoms with Crippen molar-refractivity contribution in [2.75, 3.05) is 13.2 Å². The summed E-state index contributed by atoms with van der Waals surface area (Å²) in [5.41, 5.74) is 0.376. The fourth-order valence-electron chi connectivity index (χ4n) is 1.33. The van der Waals surface area contributed by atoms with Crippen LogP contribution in [-0.4, -0.2) is 18.3 Å². The van der Waals surface area contributed by atoms with Gasteiger partial charge in [0.1, 0.15) is 18.2 Å². The Morgan fingerprint density at radius 1 is 1.33 bits per heavy atom. The summed E-state index contributed by atoms with van der Waals surface area (Å²) in [7, 11) is 0. The van der Waals surface area contributed by atoms with E-state index in [1.165, 1.54) is 6.07 Å². The average molecular weight is 212 g/mol. The van der Waals surface area contributed by atoms with Crippen LogP contribution in [0.2, 0.25) is 0 Å². The van der Waals surface area contributed by atoms with Gasteiger partial charge in [-0.25, -0.2) is 4.39 Å². The molecule has 0 aromatic heterocycles. The molecular weight excluding hydrogens is 195 g/mol. The molecule has 0 saturated carbocycles. The van der Waals surface area contributed by atoms with Gasteiger partial charge in [0.05, 0.1) is 6.61 Å². The van der Waals surface area contributed by atoms with Crippen LogP contribution in [0.25, 0.3) is 0 Å². The standard InChI is InChI=1S/C12H17FO2/c1-12(2,3)10-8-9(15-7-6-14)4-5-11(10)13/h4-5,8,14H,6-7H2,1-3H3. The maximum atomic E-state index is 13.5. The Labute approximate surface area is 89.7 Å². The summed E-state index contributed by atoms with van der Waals surface area (Å²) in [5.74, 6) is 0.370. The maximum Gasteiger partial charge on any atom is 0.127 e. The summed E-state index contributed by atoms with van der Waals surface area (Å²) in [4.78, 5) is 0. The van der Waals surface area contributed by atoms with Gasteiger partial charge in [-0.15, -0.1) is 0 Å². The molecule has 1 N–H and O–H groups in total. The second-order valence-electron chi connectivity index (χ2n) is 4.46. The third-order valence-corrected chi connectivity index (χ3v) is 2.11. The lowest BCUT2D eigenvalue weighted by atomic mass is 9.86. The summed E-state index contributed by atoms with van der Waals surface area (Å²) in [6, 6.07) is 4.65.